The number of esters is 2. The van der Waals surface area contributed by atoms with Crippen LogP contribution in [0.5, 0.6) is 0 Å². The highest BCUT2D eigenvalue weighted by molar-refractivity contribution is 5.71. The number of unbranched alkanes of at least 4 members (excludes halogenated alkanes) is 14. The predicted molar refractivity (Wildman–Crippen MR) is 382 cm³/mol. The van der Waals surface area contributed by atoms with Gasteiger partial charge in [0, 0.05) is 12.8 Å². The van der Waals surface area contributed by atoms with Crippen LogP contribution in [0.3, 0.4) is 0 Å². The maximum Gasteiger partial charge on any atom is 0.361 e. The Morgan fingerprint density at radius 2 is 0.607 bits per heavy atom. The van der Waals surface area contributed by atoms with E-state index >= 15 is 0 Å². The van der Waals surface area contributed by atoms with E-state index in [2.05, 4.69) is 208 Å². The molecule has 0 aromatic carbocycles. The first kappa shape index (κ1) is 83.1. The zero-order valence-corrected chi connectivity index (χ0v) is 56.8. The Kier molecular flexibility index (Phi) is 63.6. The lowest BCUT2D eigenvalue weighted by Crippen LogP contribution is -2.40. The maximum atomic E-state index is 12.9. The molecule has 2 unspecified atom stereocenters. The largest absolute Gasteiger partial charge is 0.477 e. The zero-order valence-electron chi connectivity index (χ0n) is 56.8. The molecule has 0 amide bonds. The fourth-order valence-corrected chi connectivity index (χ4v) is 8.63. The minimum Gasteiger partial charge on any atom is -0.477 e. The van der Waals surface area contributed by atoms with Gasteiger partial charge in [-0.15, -0.1) is 0 Å². The van der Waals surface area contributed by atoms with Crippen LogP contribution in [-0.4, -0.2) is 87.4 Å². The van der Waals surface area contributed by atoms with Crippen LogP contribution in [-0.2, 0) is 33.3 Å². The van der Waals surface area contributed by atoms with Gasteiger partial charge in [-0.1, -0.05) is 272 Å². The molecule has 498 valence electrons. The van der Waals surface area contributed by atoms with Gasteiger partial charge < -0.3 is 28.5 Å². The van der Waals surface area contributed by atoms with Crippen molar-refractivity contribution >= 4 is 17.9 Å². The number of quaternary nitrogens is 1. The van der Waals surface area contributed by atoms with Crippen LogP contribution in [0.15, 0.2) is 194 Å². The second kappa shape index (κ2) is 68.0. The van der Waals surface area contributed by atoms with Crippen molar-refractivity contribution in [2.45, 2.75) is 245 Å². The van der Waals surface area contributed by atoms with Gasteiger partial charge >= 0.3 is 17.9 Å². The van der Waals surface area contributed by atoms with E-state index in [9.17, 15) is 19.5 Å². The first-order valence-electron chi connectivity index (χ1n) is 34.6. The molecule has 9 nitrogen and oxygen atoms in total. The topological polar surface area (TPSA) is 108 Å². The van der Waals surface area contributed by atoms with Gasteiger partial charge in [-0.05, 0) is 141 Å². The summed E-state index contributed by atoms with van der Waals surface area (Å²) in [6, 6.07) is 0. The Morgan fingerprint density at radius 1 is 0.337 bits per heavy atom. The van der Waals surface area contributed by atoms with Gasteiger partial charge in [0.2, 0.25) is 0 Å². The van der Waals surface area contributed by atoms with Crippen molar-refractivity contribution in [2.24, 2.45) is 0 Å². The lowest BCUT2D eigenvalue weighted by atomic mass is 10.0. The number of likely N-dealkylation sites (N-methyl/N-ethyl adjacent to an activating group) is 1. The summed E-state index contributed by atoms with van der Waals surface area (Å²) < 4.78 is 22.9. The van der Waals surface area contributed by atoms with Crippen molar-refractivity contribution in [3.8, 4) is 0 Å². The Balaban J connectivity index is 4.29. The average Bonchev–Trinajstić information content (AvgIpc) is 3.64. The Hall–Kier alpha value is -5.87. The highest BCUT2D eigenvalue weighted by Crippen LogP contribution is 2.15. The monoisotopic (exact) mass is 1230 g/mol. The predicted octanol–water partition coefficient (Wildman–Crippen LogP) is 21.8. The summed E-state index contributed by atoms with van der Waals surface area (Å²) in [4.78, 5) is 37.6. The molecule has 0 saturated carbocycles. The molecule has 0 rings (SSSR count). The lowest BCUT2D eigenvalue weighted by Gasteiger charge is -2.25. The third-order valence-electron chi connectivity index (χ3n) is 13.8. The molecule has 9 heteroatoms. The summed E-state index contributed by atoms with van der Waals surface area (Å²) in [5.41, 5.74) is 0. The van der Waals surface area contributed by atoms with Crippen LogP contribution in [0, 0.1) is 0 Å². The van der Waals surface area contributed by atoms with Crippen LogP contribution in [0.25, 0.3) is 0 Å². The number of carboxylic acids is 1. The first-order valence-corrected chi connectivity index (χ1v) is 34.6. The van der Waals surface area contributed by atoms with E-state index in [1.54, 1.807) is 0 Å². The second-order valence-electron chi connectivity index (χ2n) is 23.4. The number of carboxylic acid groups (broad SMARTS) is 1. The molecular formula is C80H126NO8+. The van der Waals surface area contributed by atoms with E-state index < -0.39 is 24.3 Å². The summed E-state index contributed by atoms with van der Waals surface area (Å²) in [5.74, 6) is -2.09. The van der Waals surface area contributed by atoms with E-state index in [0.29, 0.717) is 17.4 Å². The van der Waals surface area contributed by atoms with Crippen molar-refractivity contribution in [2.75, 3.05) is 47.5 Å². The fraction of sp³-hybridized carbons (Fsp3) is 0.562. The van der Waals surface area contributed by atoms with Gasteiger partial charge in [-0.25, -0.2) is 4.79 Å². The summed E-state index contributed by atoms with van der Waals surface area (Å²) in [7, 11) is 5.94. The van der Waals surface area contributed by atoms with Crippen LogP contribution >= 0.6 is 0 Å². The van der Waals surface area contributed by atoms with Crippen LogP contribution in [0.4, 0.5) is 0 Å². The standard InChI is InChI=1S/C80H125NO8/c1-6-8-10-12-14-16-18-20-22-24-26-28-30-32-34-36-38-39-41-43-45-47-49-51-53-55-57-59-61-63-65-67-69-71-78(83)89-76(75-88-80(79(84)85)86-73-72-81(3,4)5)74-87-77(82)70-68-66-64-62-60-58-56-54-52-50-48-46-44-42-40-37-35-33-31-29-27-25-23-21-19-17-15-13-11-9-7-2/h8-11,14-17,20-23,26-29,32-35,38-40,42-43,45,49,51,55,57,61,63,76,80H,6-7,12-13,18-19,24-25,30-31,36-37,41,44,46-48,50,52-54,56,58-60,62,64-75H2,1-5H3/p+1/b10-8-,11-9-,16-14-,17-15-,22-20-,23-21-,28-26-,29-27-,34-32-,35-33-,39-38-,42-40-,45-43-,51-49-,57-55-,63-61-. The van der Waals surface area contributed by atoms with Crippen molar-refractivity contribution in [3.05, 3.63) is 194 Å². The number of allylic oxidation sites excluding steroid dienone is 32. The average molecular weight is 1230 g/mol. The number of carbonyl (C=O) groups excluding carboxylic acids is 2. The van der Waals surface area contributed by atoms with Crippen LogP contribution in [0.2, 0.25) is 0 Å². The van der Waals surface area contributed by atoms with Gasteiger partial charge in [0.15, 0.2) is 6.10 Å². The Labute approximate surface area is 544 Å². The normalized spacial score (nSPS) is 13.9. The molecule has 0 bridgehead atoms. The first-order chi connectivity index (χ1) is 43.6. The number of aliphatic carboxylic acids is 1. The minimum atomic E-state index is -1.54. The zero-order chi connectivity index (χ0) is 64.7. The van der Waals surface area contributed by atoms with Crippen molar-refractivity contribution in [3.63, 3.8) is 0 Å². The van der Waals surface area contributed by atoms with E-state index in [1.165, 1.54) is 57.8 Å². The van der Waals surface area contributed by atoms with E-state index in [0.717, 1.165) is 141 Å². The van der Waals surface area contributed by atoms with E-state index in [1.807, 2.05) is 21.1 Å². The number of nitrogens with zero attached hydrogens (tertiary/aromatic N) is 1. The molecule has 0 aromatic rings. The Morgan fingerprint density at radius 3 is 0.921 bits per heavy atom. The van der Waals surface area contributed by atoms with Gasteiger partial charge in [0.25, 0.3) is 6.29 Å². The number of carbonyl (C=O) groups is 3. The molecule has 0 saturated heterocycles. The smallest absolute Gasteiger partial charge is 0.361 e. The number of ether oxygens (including phenoxy) is 4. The summed E-state index contributed by atoms with van der Waals surface area (Å²) >= 11 is 0. The van der Waals surface area contributed by atoms with Gasteiger partial charge in [-0.3, -0.25) is 9.59 Å². The second-order valence-corrected chi connectivity index (χ2v) is 23.4. The molecule has 0 radical (unpaired) electrons. The third-order valence-corrected chi connectivity index (χ3v) is 13.8. The molecule has 0 spiro atoms. The number of hydrogen-bond donors (Lipinski definition) is 1. The quantitative estimate of drug-likeness (QED) is 0.0211. The van der Waals surface area contributed by atoms with Crippen LogP contribution < -0.4 is 0 Å². The van der Waals surface area contributed by atoms with Gasteiger partial charge in [0.05, 0.1) is 34.4 Å². The molecule has 1 N–H and O–H groups in total. The maximum absolute atomic E-state index is 12.9. The highest BCUT2D eigenvalue weighted by atomic mass is 16.7. The molecule has 0 aliphatic heterocycles. The number of hydrogen-bond acceptors (Lipinski definition) is 7. The van der Waals surface area contributed by atoms with Gasteiger partial charge in [-0.2, -0.15) is 0 Å². The molecule has 0 heterocycles. The minimum absolute atomic E-state index is 0.168. The Bertz CT molecular complexity index is 2160. The summed E-state index contributed by atoms with van der Waals surface area (Å²) in [5, 5.41) is 9.74. The molecule has 0 aliphatic carbocycles. The molecule has 0 aromatic heterocycles. The highest BCUT2D eigenvalue weighted by Gasteiger charge is 2.25. The van der Waals surface area contributed by atoms with E-state index in [4.69, 9.17) is 18.9 Å². The van der Waals surface area contributed by atoms with E-state index in [-0.39, 0.29) is 38.6 Å². The van der Waals surface area contributed by atoms with Crippen molar-refractivity contribution < 1.29 is 42.9 Å². The van der Waals surface area contributed by atoms with Crippen molar-refractivity contribution in [1.29, 1.82) is 0 Å². The molecule has 0 fully saturated rings. The molecule has 0 aliphatic rings. The SMILES string of the molecule is CC/C=C\C/C=C\C/C=C\C/C=C\C/C=C\C/C=C\C/C=C\C/C=C\C/C=C\C/C=C\CCCCC(=O)OC(COC(=O)CCCCCCCCCCCCCC/C=C\C/C=C\C/C=C\C/C=C\C/C=C\C/C=C\CC)COC(OCC[N+](C)(C)C)C(=O)O. The summed E-state index contributed by atoms with van der Waals surface area (Å²) in [6.45, 7) is 4.57. The molecule has 89 heavy (non-hydrogen) atoms. The number of rotatable bonds is 61. The third kappa shape index (κ3) is 69.5. The lowest BCUT2D eigenvalue weighted by molar-refractivity contribution is -0.870. The van der Waals surface area contributed by atoms with Crippen LogP contribution in [0.1, 0.15) is 232 Å². The van der Waals surface area contributed by atoms with Crippen molar-refractivity contribution in [1.82, 2.24) is 0 Å². The molecule has 2 atom stereocenters. The van der Waals surface area contributed by atoms with Gasteiger partial charge in [0.1, 0.15) is 13.2 Å². The molecular weight excluding hydrogens is 1100 g/mol. The summed E-state index contributed by atoms with van der Waals surface area (Å²) in [6.07, 6.45) is 102. The fourth-order valence-electron chi connectivity index (χ4n) is 8.63.